The van der Waals surface area contributed by atoms with Crippen molar-refractivity contribution in [1.82, 2.24) is 9.55 Å². The van der Waals surface area contributed by atoms with Crippen LogP contribution in [0.4, 0.5) is 8.78 Å². The summed E-state index contributed by atoms with van der Waals surface area (Å²) in [6, 6.07) is 8.37. The van der Waals surface area contributed by atoms with E-state index in [4.69, 9.17) is 4.74 Å². The Hall–Kier alpha value is -1.79. The van der Waals surface area contributed by atoms with E-state index < -0.39 is 11.6 Å². The van der Waals surface area contributed by atoms with Crippen molar-refractivity contribution in [2.24, 2.45) is 0 Å². The number of imidazole rings is 1. The van der Waals surface area contributed by atoms with Crippen LogP contribution in [-0.4, -0.2) is 23.3 Å². The number of aromatic nitrogens is 2. The van der Waals surface area contributed by atoms with Gasteiger partial charge in [0, 0.05) is 30.1 Å². The molecule has 3 aromatic rings. The minimum Gasteiger partial charge on any atom is -0.383 e. The third kappa shape index (κ3) is 3.21. The number of aryl methyl sites for hydroxylation is 1. The lowest BCUT2D eigenvalue weighted by Gasteiger charge is -2.11. The van der Waals surface area contributed by atoms with Crippen LogP contribution < -0.4 is 0 Å². The van der Waals surface area contributed by atoms with Gasteiger partial charge < -0.3 is 9.30 Å². The maximum Gasteiger partial charge on any atom is 0.130 e. The molecule has 0 bridgehead atoms. The van der Waals surface area contributed by atoms with Gasteiger partial charge in [-0.25, -0.2) is 13.8 Å². The molecule has 0 spiro atoms. The van der Waals surface area contributed by atoms with Crippen molar-refractivity contribution in [3.63, 3.8) is 0 Å². The highest BCUT2D eigenvalue weighted by Gasteiger charge is 2.17. The number of rotatable bonds is 5. The minimum absolute atomic E-state index is 0.0184. The van der Waals surface area contributed by atoms with E-state index in [2.05, 4.69) is 20.9 Å². The number of benzene rings is 2. The lowest BCUT2D eigenvalue weighted by atomic mass is 10.1. The molecule has 2 aromatic carbocycles. The molecular formula is C18H17BrF2N2O. The van der Waals surface area contributed by atoms with E-state index >= 15 is 0 Å². The fourth-order valence-electron chi connectivity index (χ4n) is 2.87. The van der Waals surface area contributed by atoms with Crippen LogP contribution >= 0.6 is 15.9 Å². The summed E-state index contributed by atoms with van der Waals surface area (Å²) in [5.41, 5.74) is 2.88. The Kier molecular flexibility index (Phi) is 4.96. The molecule has 0 saturated heterocycles. The summed E-state index contributed by atoms with van der Waals surface area (Å²) in [4.78, 5) is 4.59. The van der Waals surface area contributed by atoms with Gasteiger partial charge in [-0.15, -0.1) is 0 Å². The molecule has 1 aromatic heterocycles. The lowest BCUT2D eigenvalue weighted by molar-refractivity contribution is 0.187. The van der Waals surface area contributed by atoms with Crippen molar-refractivity contribution in [1.29, 1.82) is 0 Å². The van der Waals surface area contributed by atoms with Gasteiger partial charge in [-0.1, -0.05) is 28.1 Å². The Balaban J connectivity index is 2.11. The largest absolute Gasteiger partial charge is 0.383 e. The summed E-state index contributed by atoms with van der Waals surface area (Å²) in [5, 5.41) is 0. The Bertz CT molecular complexity index is 869. The number of hydrogen-bond donors (Lipinski definition) is 0. The van der Waals surface area contributed by atoms with Gasteiger partial charge in [-0.05, 0) is 30.7 Å². The van der Waals surface area contributed by atoms with Gasteiger partial charge in [-0.3, -0.25) is 0 Å². The van der Waals surface area contributed by atoms with Crippen molar-refractivity contribution >= 4 is 27.0 Å². The number of methoxy groups -OCH3 is 1. The van der Waals surface area contributed by atoms with Gasteiger partial charge >= 0.3 is 0 Å². The van der Waals surface area contributed by atoms with Gasteiger partial charge in [0.1, 0.15) is 17.5 Å². The predicted molar refractivity (Wildman–Crippen MR) is 93.2 cm³/mol. The number of ether oxygens (including phenoxy) is 1. The maximum absolute atomic E-state index is 14.2. The molecule has 126 valence electrons. The molecule has 0 N–H and O–H groups in total. The summed E-state index contributed by atoms with van der Waals surface area (Å²) in [5.74, 6) is -0.538. The second-order valence-corrected chi connectivity index (χ2v) is 6.56. The molecule has 0 radical (unpaired) electrons. The number of halogens is 3. The first-order chi connectivity index (χ1) is 11.5. The van der Waals surface area contributed by atoms with E-state index in [1.54, 1.807) is 7.11 Å². The lowest BCUT2D eigenvalue weighted by Crippen LogP contribution is -2.10. The highest BCUT2D eigenvalue weighted by atomic mass is 79.9. The second kappa shape index (κ2) is 6.99. The summed E-state index contributed by atoms with van der Waals surface area (Å²) in [6.45, 7) is 3.07. The van der Waals surface area contributed by atoms with E-state index in [0.717, 1.165) is 16.6 Å². The molecule has 0 aliphatic heterocycles. The van der Waals surface area contributed by atoms with E-state index in [9.17, 15) is 8.78 Å². The molecule has 0 aliphatic carbocycles. The van der Waals surface area contributed by atoms with Crippen molar-refractivity contribution < 1.29 is 13.5 Å². The molecule has 6 heteroatoms. The number of nitrogens with zero attached hydrogens (tertiary/aromatic N) is 2. The average molecular weight is 395 g/mol. The van der Waals surface area contributed by atoms with Crippen LogP contribution in [0.5, 0.6) is 0 Å². The van der Waals surface area contributed by atoms with E-state index in [-0.39, 0.29) is 12.0 Å². The molecular weight excluding hydrogens is 378 g/mol. The van der Waals surface area contributed by atoms with Crippen LogP contribution in [0.25, 0.3) is 11.0 Å². The normalized spacial score (nSPS) is 11.4. The third-order valence-electron chi connectivity index (χ3n) is 4.01. The number of para-hydroxylation sites is 1. The number of hydrogen-bond acceptors (Lipinski definition) is 2. The highest BCUT2D eigenvalue weighted by molar-refractivity contribution is 9.10. The van der Waals surface area contributed by atoms with Crippen molar-refractivity contribution in [3.05, 3.63) is 63.4 Å². The van der Waals surface area contributed by atoms with Crippen LogP contribution in [0.15, 0.2) is 34.8 Å². The zero-order valence-electron chi connectivity index (χ0n) is 13.4. The Morgan fingerprint density at radius 1 is 1.21 bits per heavy atom. The standard InChI is InChI=1S/C18H17BrF2N2O/c1-11-4-3-5-16-18(11)23(6-7-24-2)17(22-16)10-13-14(20)8-12(19)9-15(13)21/h3-5,8-9H,6-7,10H2,1-2H3. The Labute approximate surface area is 147 Å². The van der Waals surface area contributed by atoms with Crippen molar-refractivity contribution in [2.45, 2.75) is 19.9 Å². The van der Waals surface area contributed by atoms with E-state index in [1.165, 1.54) is 12.1 Å². The first-order valence-corrected chi connectivity index (χ1v) is 8.37. The van der Waals surface area contributed by atoms with Crippen LogP contribution in [0, 0.1) is 18.6 Å². The predicted octanol–water partition coefficient (Wildman–Crippen LogP) is 4.62. The average Bonchev–Trinajstić information content (AvgIpc) is 2.87. The molecule has 0 atom stereocenters. The molecule has 0 saturated carbocycles. The second-order valence-electron chi connectivity index (χ2n) is 5.64. The zero-order chi connectivity index (χ0) is 17.3. The fourth-order valence-corrected chi connectivity index (χ4v) is 3.27. The smallest absolute Gasteiger partial charge is 0.130 e. The monoisotopic (exact) mass is 394 g/mol. The van der Waals surface area contributed by atoms with E-state index in [0.29, 0.717) is 23.4 Å². The quantitative estimate of drug-likeness (QED) is 0.630. The van der Waals surface area contributed by atoms with Gasteiger partial charge in [-0.2, -0.15) is 0 Å². The topological polar surface area (TPSA) is 27.1 Å². The minimum atomic E-state index is -0.580. The molecule has 0 amide bonds. The summed E-state index contributed by atoms with van der Waals surface area (Å²) < 4.78 is 35.9. The van der Waals surface area contributed by atoms with Gasteiger partial charge in [0.2, 0.25) is 0 Å². The summed E-state index contributed by atoms with van der Waals surface area (Å²) >= 11 is 3.10. The number of fused-ring (bicyclic) bond motifs is 1. The van der Waals surface area contributed by atoms with Gasteiger partial charge in [0.15, 0.2) is 0 Å². The van der Waals surface area contributed by atoms with Crippen LogP contribution in [0.1, 0.15) is 17.0 Å². The van der Waals surface area contributed by atoms with Gasteiger partial charge in [0.25, 0.3) is 0 Å². The highest BCUT2D eigenvalue weighted by Crippen LogP contribution is 2.25. The van der Waals surface area contributed by atoms with Crippen molar-refractivity contribution in [2.75, 3.05) is 13.7 Å². The molecule has 24 heavy (non-hydrogen) atoms. The fraction of sp³-hybridized carbons (Fsp3) is 0.278. The summed E-state index contributed by atoms with van der Waals surface area (Å²) in [6.07, 6.45) is 0.0861. The SMILES string of the molecule is COCCn1c(Cc2c(F)cc(Br)cc2F)nc2cccc(C)c21. The molecule has 3 nitrogen and oxygen atoms in total. The Morgan fingerprint density at radius 2 is 1.92 bits per heavy atom. The van der Waals surface area contributed by atoms with Crippen LogP contribution in [0.3, 0.4) is 0 Å². The van der Waals surface area contributed by atoms with Crippen LogP contribution in [0.2, 0.25) is 0 Å². The summed E-state index contributed by atoms with van der Waals surface area (Å²) in [7, 11) is 1.62. The molecule has 1 heterocycles. The molecule has 3 rings (SSSR count). The van der Waals surface area contributed by atoms with Gasteiger partial charge in [0.05, 0.1) is 17.6 Å². The maximum atomic E-state index is 14.2. The van der Waals surface area contributed by atoms with Crippen molar-refractivity contribution in [3.8, 4) is 0 Å². The first-order valence-electron chi connectivity index (χ1n) is 7.58. The molecule has 0 unspecified atom stereocenters. The van der Waals surface area contributed by atoms with Crippen LogP contribution in [-0.2, 0) is 17.7 Å². The van der Waals surface area contributed by atoms with E-state index in [1.807, 2.05) is 29.7 Å². The third-order valence-corrected chi connectivity index (χ3v) is 4.47. The Morgan fingerprint density at radius 3 is 2.58 bits per heavy atom. The first kappa shape index (κ1) is 17.0. The molecule has 0 aliphatic rings. The zero-order valence-corrected chi connectivity index (χ0v) is 15.0. The molecule has 0 fully saturated rings.